The molecule has 2 aliphatic rings. The van der Waals surface area contributed by atoms with E-state index < -0.39 is 0 Å². The molecule has 2 fully saturated rings. The summed E-state index contributed by atoms with van der Waals surface area (Å²) in [4.78, 5) is 0. The van der Waals surface area contributed by atoms with Crippen molar-refractivity contribution in [3.63, 3.8) is 0 Å². The molecule has 0 spiro atoms. The number of hydrogen-bond donors (Lipinski definition) is 1. The SMILES string of the molecule is CCc1ccc(CC(NC)C2CC3CC3C2)cc1. The Morgan fingerprint density at radius 3 is 2.22 bits per heavy atom. The Morgan fingerprint density at radius 1 is 1.06 bits per heavy atom. The van der Waals surface area contributed by atoms with Gasteiger partial charge < -0.3 is 5.32 Å². The maximum absolute atomic E-state index is 3.56. The number of hydrogen-bond acceptors (Lipinski definition) is 1. The van der Waals surface area contributed by atoms with Crippen LogP contribution in [-0.4, -0.2) is 13.1 Å². The average Bonchev–Trinajstić information content (AvgIpc) is 3.03. The minimum Gasteiger partial charge on any atom is -0.316 e. The third-order valence-corrected chi connectivity index (χ3v) is 5.11. The first-order valence-electron chi connectivity index (χ1n) is 7.55. The van der Waals surface area contributed by atoms with E-state index in [1.54, 1.807) is 0 Å². The van der Waals surface area contributed by atoms with Gasteiger partial charge in [0.25, 0.3) is 0 Å². The standard InChI is InChI=1S/C17H25N/c1-3-12-4-6-13(7-5-12)8-17(18-2)16-10-14-9-15(14)11-16/h4-7,14-18H,3,8-11H2,1-2H3. The summed E-state index contributed by atoms with van der Waals surface area (Å²) < 4.78 is 0. The lowest BCUT2D eigenvalue weighted by Gasteiger charge is -2.24. The van der Waals surface area contributed by atoms with Crippen LogP contribution < -0.4 is 5.32 Å². The first-order chi connectivity index (χ1) is 8.80. The smallest absolute Gasteiger partial charge is 0.0133 e. The van der Waals surface area contributed by atoms with E-state index in [1.165, 1.54) is 36.8 Å². The van der Waals surface area contributed by atoms with Crippen molar-refractivity contribution in [1.29, 1.82) is 0 Å². The van der Waals surface area contributed by atoms with Crippen LogP contribution >= 0.6 is 0 Å². The van der Waals surface area contributed by atoms with Gasteiger partial charge >= 0.3 is 0 Å². The normalized spacial score (nSPS) is 31.1. The van der Waals surface area contributed by atoms with Gasteiger partial charge in [-0.2, -0.15) is 0 Å². The van der Waals surface area contributed by atoms with Gasteiger partial charge in [-0.3, -0.25) is 0 Å². The quantitative estimate of drug-likeness (QED) is 0.835. The van der Waals surface area contributed by atoms with Crippen molar-refractivity contribution in [2.24, 2.45) is 17.8 Å². The molecule has 0 bridgehead atoms. The fourth-order valence-electron chi connectivity index (χ4n) is 3.76. The fraction of sp³-hybridized carbons (Fsp3) is 0.647. The molecule has 0 saturated heterocycles. The van der Waals surface area contributed by atoms with Crippen molar-refractivity contribution < 1.29 is 0 Å². The second kappa shape index (κ2) is 5.05. The lowest BCUT2D eigenvalue weighted by molar-refractivity contribution is 0.349. The Bertz CT molecular complexity index is 385. The average molecular weight is 243 g/mol. The Labute approximate surface area is 111 Å². The topological polar surface area (TPSA) is 12.0 Å². The number of rotatable bonds is 5. The van der Waals surface area contributed by atoms with Gasteiger partial charge in [-0.15, -0.1) is 0 Å². The molecule has 3 rings (SSSR count). The fourth-order valence-corrected chi connectivity index (χ4v) is 3.76. The third kappa shape index (κ3) is 2.47. The maximum atomic E-state index is 3.56. The lowest BCUT2D eigenvalue weighted by Crippen LogP contribution is -2.35. The molecule has 1 N–H and O–H groups in total. The van der Waals surface area contributed by atoms with Crippen LogP contribution in [0.5, 0.6) is 0 Å². The molecule has 0 amide bonds. The zero-order chi connectivity index (χ0) is 12.5. The zero-order valence-corrected chi connectivity index (χ0v) is 11.7. The summed E-state index contributed by atoms with van der Waals surface area (Å²) in [6.07, 6.45) is 6.82. The van der Waals surface area contributed by atoms with Crippen LogP contribution in [0.2, 0.25) is 0 Å². The Kier molecular flexibility index (Phi) is 3.43. The van der Waals surface area contributed by atoms with E-state index >= 15 is 0 Å². The minimum atomic E-state index is 0.685. The lowest BCUT2D eigenvalue weighted by atomic mass is 9.89. The van der Waals surface area contributed by atoms with Gasteiger partial charge in [0.05, 0.1) is 0 Å². The molecule has 2 saturated carbocycles. The molecular formula is C17H25N. The molecule has 3 atom stereocenters. The molecule has 1 heteroatoms. The highest BCUT2D eigenvalue weighted by atomic mass is 14.9. The van der Waals surface area contributed by atoms with E-state index in [1.807, 2.05) is 0 Å². The summed E-state index contributed by atoms with van der Waals surface area (Å²) in [6.45, 7) is 2.22. The number of fused-ring (bicyclic) bond motifs is 1. The summed E-state index contributed by atoms with van der Waals surface area (Å²) in [6, 6.07) is 9.89. The van der Waals surface area contributed by atoms with Crippen LogP contribution in [0.3, 0.4) is 0 Å². The van der Waals surface area contributed by atoms with E-state index in [0.717, 1.165) is 24.2 Å². The van der Waals surface area contributed by atoms with Crippen LogP contribution in [-0.2, 0) is 12.8 Å². The molecule has 2 aliphatic carbocycles. The van der Waals surface area contributed by atoms with E-state index in [-0.39, 0.29) is 0 Å². The van der Waals surface area contributed by atoms with Gasteiger partial charge in [-0.05, 0) is 68.0 Å². The molecule has 0 aliphatic heterocycles. The second-order valence-electron chi connectivity index (χ2n) is 6.26. The summed E-state index contributed by atoms with van der Waals surface area (Å²) in [5, 5.41) is 3.56. The largest absolute Gasteiger partial charge is 0.316 e. The van der Waals surface area contributed by atoms with E-state index in [0.29, 0.717) is 6.04 Å². The maximum Gasteiger partial charge on any atom is 0.0133 e. The van der Waals surface area contributed by atoms with Gasteiger partial charge in [0.15, 0.2) is 0 Å². The highest BCUT2D eigenvalue weighted by molar-refractivity contribution is 5.23. The van der Waals surface area contributed by atoms with Gasteiger partial charge in [0.1, 0.15) is 0 Å². The minimum absolute atomic E-state index is 0.685. The molecule has 1 aromatic rings. The summed E-state index contributed by atoms with van der Waals surface area (Å²) in [7, 11) is 2.13. The number of likely N-dealkylation sites (N-methyl/N-ethyl adjacent to an activating group) is 1. The highest BCUT2D eigenvalue weighted by Crippen LogP contribution is 2.55. The summed E-state index contributed by atoms with van der Waals surface area (Å²) >= 11 is 0. The monoisotopic (exact) mass is 243 g/mol. The molecule has 98 valence electrons. The van der Waals surface area contributed by atoms with E-state index in [2.05, 4.69) is 43.6 Å². The molecule has 18 heavy (non-hydrogen) atoms. The Morgan fingerprint density at radius 2 is 1.67 bits per heavy atom. The predicted octanol–water partition coefficient (Wildman–Crippen LogP) is 3.43. The van der Waals surface area contributed by atoms with Crippen molar-refractivity contribution in [2.75, 3.05) is 7.05 Å². The number of nitrogens with one attached hydrogen (secondary N) is 1. The number of aryl methyl sites for hydroxylation is 1. The predicted molar refractivity (Wildman–Crippen MR) is 76.7 cm³/mol. The van der Waals surface area contributed by atoms with Crippen LogP contribution in [0.15, 0.2) is 24.3 Å². The van der Waals surface area contributed by atoms with Crippen molar-refractivity contribution in [2.45, 2.75) is 45.1 Å². The van der Waals surface area contributed by atoms with Crippen molar-refractivity contribution in [3.05, 3.63) is 35.4 Å². The van der Waals surface area contributed by atoms with Crippen molar-refractivity contribution in [3.8, 4) is 0 Å². The van der Waals surface area contributed by atoms with Gasteiger partial charge in [0, 0.05) is 6.04 Å². The first-order valence-corrected chi connectivity index (χ1v) is 7.55. The molecular weight excluding hydrogens is 218 g/mol. The summed E-state index contributed by atoms with van der Waals surface area (Å²) in [5.41, 5.74) is 2.94. The van der Waals surface area contributed by atoms with Crippen molar-refractivity contribution >= 4 is 0 Å². The Hall–Kier alpha value is -0.820. The highest BCUT2D eigenvalue weighted by Gasteiger charge is 2.47. The zero-order valence-electron chi connectivity index (χ0n) is 11.7. The van der Waals surface area contributed by atoms with E-state index in [4.69, 9.17) is 0 Å². The van der Waals surface area contributed by atoms with Gasteiger partial charge in [0.2, 0.25) is 0 Å². The molecule has 0 radical (unpaired) electrons. The van der Waals surface area contributed by atoms with Crippen LogP contribution in [0.4, 0.5) is 0 Å². The molecule has 1 aromatic carbocycles. The summed E-state index contributed by atoms with van der Waals surface area (Å²) in [5.74, 6) is 3.10. The van der Waals surface area contributed by atoms with Crippen LogP contribution in [0.25, 0.3) is 0 Å². The van der Waals surface area contributed by atoms with Gasteiger partial charge in [-0.25, -0.2) is 0 Å². The van der Waals surface area contributed by atoms with Crippen LogP contribution in [0.1, 0.15) is 37.3 Å². The van der Waals surface area contributed by atoms with E-state index in [9.17, 15) is 0 Å². The number of benzene rings is 1. The van der Waals surface area contributed by atoms with Gasteiger partial charge in [-0.1, -0.05) is 31.2 Å². The third-order valence-electron chi connectivity index (χ3n) is 5.11. The molecule has 3 unspecified atom stereocenters. The molecule has 0 aromatic heterocycles. The second-order valence-corrected chi connectivity index (χ2v) is 6.26. The molecule has 0 heterocycles. The van der Waals surface area contributed by atoms with Crippen LogP contribution in [0, 0.1) is 17.8 Å². The molecule has 1 nitrogen and oxygen atoms in total. The van der Waals surface area contributed by atoms with Crippen molar-refractivity contribution in [1.82, 2.24) is 5.32 Å². The first kappa shape index (κ1) is 12.2. The Balaban J connectivity index is 1.61.